The van der Waals surface area contributed by atoms with Crippen molar-refractivity contribution >= 4 is 0 Å². The maximum atomic E-state index is 5.52. The molecule has 0 aliphatic rings. The van der Waals surface area contributed by atoms with E-state index in [2.05, 4.69) is 19.2 Å². The van der Waals surface area contributed by atoms with Crippen molar-refractivity contribution in [2.75, 3.05) is 33.1 Å². The molecule has 0 fully saturated rings. The number of hydrogen-bond donors (Lipinski definition) is 1. The second-order valence-electron chi connectivity index (χ2n) is 4.04. The molecule has 0 heterocycles. The highest BCUT2D eigenvalue weighted by Gasteiger charge is 1.91. The zero-order valence-electron chi connectivity index (χ0n) is 11.1. The number of ether oxygens (including phenoxy) is 2. The molecule has 1 N–H and O–H groups in total. The molecule has 0 saturated heterocycles. The lowest BCUT2D eigenvalue weighted by molar-refractivity contribution is 0.0740. The van der Waals surface area contributed by atoms with Crippen LogP contribution in [0.3, 0.4) is 0 Å². The zero-order chi connectivity index (χ0) is 11.9. The second kappa shape index (κ2) is 14.9. The fourth-order valence-corrected chi connectivity index (χ4v) is 1.42. The number of nitrogens with one attached hydrogen (secondary N) is 1. The van der Waals surface area contributed by atoms with E-state index < -0.39 is 0 Å². The minimum absolute atomic E-state index is 0.660. The van der Waals surface area contributed by atoms with E-state index in [9.17, 15) is 0 Å². The predicted molar refractivity (Wildman–Crippen MR) is 68.7 cm³/mol. The van der Waals surface area contributed by atoms with E-state index in [0.717, 1.165) is 32.8 Å². The average molecular weight is 231 g/mol. The van der Waals surface area contributed by atoms with Crippen LogP contribution in [-0.4, -0.2) is 33.1 Å². The SMILES string of the molecule is CCCCCCCOCCCOCNCC. The molecule has 3 nitrogen and oxygen atoms in total. The van der Waals surface area contributed by atoms with Gasteiger partial charge in [-0.15, -0.1) is 0 Å². The highest BCUT2D eigenvalue weighted by molar-refractivity contribution is 4.42. The van der Waals surface area contributed by atoms with Crippen molar-refractivity contribution in [2.24, 2.45) is 0 Å². The minimum Gasteiger partial charge on any atom is -0.381 e. The summed E-state index contributed by atoms with van der Waals surface area (Å²) < 4.78 is 10.9. The number of unbranched alkanes of at least 4 members (excludes halogenated alkanes) is 4. The molecule has 0 amide bonds. The maximum absolute atomic E-state index is 5.52. The molecule has 3 heteroatoms. The first-order valence-corrected chi connectivity index (χ1v) is 6.78. The van der Waals surface area contributed by atoms with E-state index in [4.69, 9.17) is 9.47 Å². The molecule has 0 saturated carbocycles. The fourth-order valence-electron chi connectivity index (χ4n) is 1.42. The molecule has 16 heavy (non-hydrogen) atoms. The molecule has 0 aromatic carbocycles. The molecular weight excluding hydrogens is 202 g/mol. The Labute approximate surface area is 101 Å². The van der Waals surface area contributed by atoms with Gasteiger partial charge in [0.15, 0.2) is 0 Å². The van der Waals surface area contributed by atoms with Gasteiger partial charge in [0, 0.05) is 13.2 Å². The van der Waals surface area contributed by atoms with Gasteiger partial charge in [-0.25, -0.2) is 0 Å². The Kier molecular flexibility index (Phi) is 14.8. The minimum atomic E-state index is 0.660. The summed E-state index contributed by atoms with van der Waals surface area (Å²) in [6.07, 6.45) is 7.54. The summed E-state index contributed by atoms with van der Waals surface area (Å²) in [6, 6.07) is 0. The largest absolute Gasteiger partial charge is 0.381 e. The Morgan fingerprint density at radius 2 is 1.44 bits per heavy atom. The molecule has 0 spiro atoms. The van der Waals surface area contributed by atoms with Gasteiger partial charge in [-0.2, -0.15) is 0 Å². The lowest BCUT2D eigenvalue weighted by Gasteiger charge is -2.05. The van der Waals surface area contributed by atoms with Crippen LogP contribution in [0, 0.1) is 0 Å². The van der Waals surface area contributed by atoms with Crippen LogP contribution in [0.15, 0.2) is 0 Å². The topological polar surface area (TPSA) is 30.5 Å². The molecule has 0 aromatic rings. The van der Waals surface area contributed by atoms with Crippen molar-refractivity contribution in [3.63, 3.8) is 0 Å². The normalized spacial score (nSPS) is 10.9. The van der Waals surface area contributed by atoms with Crippen molar-refractivity contribution in [3.05, 3.63) is 0 Å². The van der Waals surface area contributed by atoms with Crippen LogP contribution in [-0.2, 0) is 9.47 Å². The van der Waals surface area contributed by atoms with Crippen LogP contribution in [0.2, 0.25) is 0 Å². The number of rotatable bonds is 13. The molecule has 0 unspecified atom stereocenters. The molecule has 0 bridgehead atoms. The predicted octanol–water partition coefficient (Wildman–Crippen LogP) is 2.95. The lowest BCUT2D eigenvalue weighted by Crippen LogP contribution is -2.17. The third-order valence-electron chi connectivity index (χ3n) is 2.42. The monoisotopic (exact) mass is 231 g/mol. The van der Waals surface area contributed by atoms with Crippen molar-refractivity contribution in [1.29, 1.82) is 0 Å². The van der Waals surface area contributed by atoms with E-state index in [1.807, 2.05) is 0 Å². The zero-order valence-corrected chi connectivity index (χ0v) is 11.1. The second-order valence-corrected chi connectivity index (χ2v) is 4.04. The first-order chi connectivity index (χ1) is 7.91. The standard InChI is InChI=1S/C13H29NO2/c1-3-5-6-7-8-10-15-11-9-12-16-13-14-4-2/h14H,3-13H2,1-2H3. The summed E-state index contributed by atoms with van der Waals surface area (Å²) in [4.78, 5) is 0. The van der Waals surface area contributed by atoms with Crippen molar-refractivity contribution < 1.29 is 9.47 Å². The quantitative estimate of drug-likeness (QED) is 0.390. The summed E-state index contributed by atoms with van der Waals surface area (Å²) in [6.45, 7) is 8.48. The molecule has 0 rings (SSSR count). The van der Waals surface area contributed by atoms with E-state index in [0.29, 0.717) is 6.73 Å². The Balaban J connectivity index is 2.83. The summed E-state index contributed by atoms with van der Waals surface area (Å²) in [5, 5.41) is 3.12. The van der Waals surface area contributed by atoms with E-state index in [1.165, 1.54) is 32.1 Å². The van der Waals surface area contributed by atoms with Crippen LogP contribution in [0.1, 0.15) is 52.4 Å². The van der Waals surface area contributed by atoms with E-state index in [1.54, 1.807) is 0 Å². The van der Waals surface area contributed by atoms with Crippen LogP contribution in [0.4, 0.5) is 0 Å². The van der Waals surface area contributed by atoms with Gasteiger partial charge in [0.1, 0.15) is 0 Å². The van der Waals surface area contributed by atoms with Crippen LogP contribution < -0.4 is 5.32 Å². The molecule has 98 valence electrons. The summed E-state index contributed by atoms with van der Waals surface area (Å²) >= 11 is 0. The molecule has 0 aliphatic carbocycles. The highest BCUT2D eigenvalue weighted by atomic mass is 16.5. The smallest absolute Gasteiger partial charge is 0.0965 e. The van der Waals surface area contributed by atoms with Crippen molar-refractivity contribution in [3.8, 4) is 0 Å². The summed E-state index contributed by atoms with van der Waals surface area (Å²) in [5.74, 6) is 0. The van der Waals surface area contributed by atoms with Crippen LogP contribution in [0.25, 0.3) is 0 Å². The molecule has 0 aliphatic heterocycles. The molecular formula is C13H29NO2. The third-order valence-corrected chi connectivity index (χ3v) is 2.42. The Morgan fingerprint density at radius 3 is 2.19 bits per heavy atom. The molecule has 0 aromatic heterocycles. The van der Waals surface area contributed by atoms with Gasteiger partial charge in [0.05, 0.1) is 13.3 Å². The average Bonchev–Trinajstić information content (AvgIpc) is 2.31. The van der Waals surface area contributed by atoms with E-state index >= 15 is 0 Å². The maximum Gasteiger partial charge on any atom is 0.0965 e. The highest BCUT2D eigenvalue weighted by Crippen LogP contribution is 2.02. The number of hydrogen-bond acceptors (Lipinski definition) is 3. The van der Waals surface area contributed by atoms with Gasteiger partial charge in [0.2, 0.25) is 0 Å². The van der Waals surface area contributed by atoms with E-state index in [-0.39, 0.29) is 0 Å². The van der Waals surface area contributed by atoms with Gasteiger partial charge in [-0.3, -0.25) is 5.32 Å². The fraction of sp³-hybridized carbons (Fsp3) is 1.00. The first kappa shape index (κ1) is 15.9. The van der Waals surface area contributed by atoms with Gasteiger partial charge in [0.25, 0.3) is 0 Å². The van der Waals surface area contributed by atoms with Gasteiger partial charge in [-0.1, -0.05) is 39.5 Å². The third kappa shape index (κ3) is 13.9. The molecule has 0 radical (unpaired) electrons. The Hall–Kier alpha value is -0.120. The van der Waals surface area contributed by atoms with Crippen LogP contribution >= 0.6 is 0 Å². The first-order valence-electron chi connectivity index (χ1n) is 6.78. The van der Waals surface area contributed by atoms with Crippen LogP contribution in [0.5, 0.6) is 0 Å². The van der Waals surface area contributed by atoms with Gasteiger partial charge < -0.3 is 9.47 Å². The summed E-state index contributed by atoms with van der Waals surface area (Å²) in [7, 11) is 0. The molecule has 0 atom stereocenters. The summed E-state index contributed by atoms with van der Waals surface area (Å²) in [5.41, 5.74) is 0. The van der Waals surface area contributed by atoms with Crippen molar-refractivity contribution in [1.82, 2.24) is 5.32 Å². The Bertz CT molecular complexity index is 107. The lowest BCUT2D eigenvalue weighted by atomic mass is 10.2. The van der Waals surface area contributed by atoms with Gasteiger partial charge >= 0.3 is 0 Å². The van der Waals surface area contributed by atoms with Gasteiger partial charge in [-0.05, 0) is 19.4 Å². The Morgan fingerprint density at radius 1 is 0.750 bits per heavy atom. The van der Waals surface area contributed by atoms with Crippen molar-refractivity contribution in [2.45, 2.75) is 52.4 Å².